The summed E-state index contributed by atoms with van der Waals surface area (Å²) in [5.74, 6) is 0.407. The van der Waals surface area contributed by atoms with Crippen molar-refractivity contribution in [3.8, 4) is 0 Å². The van der Waals surface area contributed by atoms with E-state index in [1.54, 1.807) is 7.11 Å². The van der Waals surface area contributed by atoms with Crippen LogP contribution >= 0.6 is 15.9 Å². The van der Waals surface area contributed by atoms with E-state index in [4.69, 9.17) is 9.47 Å². The van der Waals surface area contributed by atoms with Gasteiger partial charge in [-0.25, -0.2) is 0 Å². The second-order valence-corrected chi connectivity index (χ2v) is 5.88. The van der Waals surface area contributed by atoms with Crippen molar-refractivity contribution < 1.29 is 9.47 Å². The molecule has 0 aliphatic carbocycles. The minimum Gasteiger partial charge on any atom is -0.383 e. The molecule has 1 heterocycles. The monoisotopic (exact) mass is 347 g/mol. The molecule has 2 unspecified atom stereocenters. The van der Waals surface area contributed by atoms with Crippen LogP contribution in [0.15, 0.2) is 10.7 Å². The molecule has 0 aromatic carbocycles. The van der Waals surface area contributed by atoms with Crippen LogP contribution in [-0.4, -0.2) is 43.3 Å². The molecule has 0 bridgehead atoms. The predicted octanol–water partition coefficient (Wildman–Crippen LogP) is 2.61. The van der Waals surface area contributed by atoms with Crippen molar-refractivity contribution >= 4 is 15.9 Å². The zero-order chi connectivity index (χ0) is 15.1. The van der Waals surface area contributed by atoms with Crippen LogP contribution in [0.5, 0.6) is 0 Å². The number of nitrogens with one attached hydrogen (secondary N) is 1. The Kier molecular flexibility index (Phi) is 7.72. The Balaban J connectivity index is 3.06. The number of likely N-dealkylation sites (N-methyl/N-ethyl adjacent to an activating group) is 1. The summed E-state index contributed by atoms with van der Waals surface area (Å²) >= 11 is 3.60. The smallest absolute Gasteiger partial charge is 0.0807 e. The van der Waals surface area contributed by atoms with Crippen molar-refractivity contribution in [2.45, 2.75) is 39.5 Å². The normalized spacial score (nSPS) is 14.8. The van der Waals surface area contributed by atoms with Gasteiger partial charge >= 0.3 is 0 Å². The third kappa shape index (κ3) is 4.28. The fourth-order valence-corrected chi connectivity index (χ4v) is 2.90. The van der Waals surface area contributed by atoms with Gasteiger partial charge in [-0.15, -0.1) is 0 Å². The van der Waals surface area contributed by atoms with E-state index in [0.29, 0.717) is 19.1 Å². The van der Waals surface area contributed by atoms with Crippen LogP contribution in [0.2, 0.25) is 0 Å². The molecule has 116 valence electrons. The quantitative estimate of drug-likeness (QED) is 0.745. The Bertz CT molecular complexity index is 396. The Morgan fingerprint density at radius 1 is 1.45 bits per heavy atom. The van der Waals surface area contributed by atoms with Gasteiger partial charge in [-0.3, -0.25) is 4.68 Å². The molecule has 1 rings (SSSR count). The van der Waals surface area contributed by atoms with Gasteiger partial charge in [0.2, 0.25) is 0 Å². The second-order valence-electron chi connectivity index (χ2n) is 5.02. The van der Waals surface area contributed by atoms with Crippen LogP contribution in [-0.2, 0) is 16.0 Å². The molecule has 0 aliphatic heterocycles. The molecular formula is C14H26BrN3O2. The number of nitrogens with zero attached hydrogens (tertiary/aromatic N) is 2. The van der Waals surface area contributed by atoms with Gasteiger partial charge in [0, 0.05) is 13.7 Å². The maximum atomic E-state index is 5.94. The summed E-state index contributed by atoms with van der Waals surface area (Å²) in [6, 6.07) is 0.0867. The highest BCUT2D eigenvalue weighted by Gasteiger charge is 2.29. The largest absolute Gasteiger partial charge is 0.383 e. The number of hydrogen-bond donors (Lipinski definition) is 1. The van der Waals surface area contributed by atoms with Gasteiger partial charge in [0.25, 0.3) is 0 Å². The molecule has 20 heavy (non-hydrogen) atoms. The first-order valence-electron chi connectivity index (χ1n) is 7.05. The Morgan fingerprint density at radius 3 is 2.65 bits per heavy atom. The molecule has 0 aliphatic rings. The topological polar surface area (TPSA) is 48.3 Å². The van der Waals surface area contributed by atoms with Crippen LogP contribution in [0.1, 0.15) is 32.5 Å². The molecule has 0 radical (unpaired) electrons. The Morgan fingerprint density at radius 2 is 2.15 bits per heavy atom. The van der Waals surface area contributed by atoms with E-state index < -0.39 is 0 Å². The predicted molar refractivity (Wildman–Crippen MR) is 83.9 cm³/mol. The SMILES string of the molecule is CCOC(C(C)C)C(NC)c1c(Br)cnn1CCOC. The van der Waals surface area contributed by atoms with E-state index in [1.165, 1.54) is 0 Å². The summed E-state index contributed by atoms with van der Waals surface area (Å²) in [6.45, 7) is 8.44. The minimum absolute atomic E-state index is 0.0867. The van der Waals surface area contributed by atoms with Crippen molar-refractivity contribution in [1.29, 1.82) is 0 Å². The van der Waals surface area contributed by atoms with E-state index in [0.717, 1.165) is 16.7 Å². The van der Waals surface area contributed by atoms with Crippen LogP contribution in [0.4, 0.5) is 0 Å². The van der Waals surface area contributed by atoms with E-state index in [2.05, 4.69) is 40.2 Å². The van der Waals surface area contributed by atoms with E-state index in [1.807, 2.05) is 24.9 Å². The third-order valence-electron chi connectivity index (χ3n) is 3.29. The second kappa shape index (κ2) is 8.77. The highest BCUT2D eigenvalue weighted by Crippen LogP contribution is 2.30. The number of hydrogen-bond acceptors (Lipinski definition) is 4. The molecule has 0 spiro atoms. The van der Waals surface area contributed by atoms with Crippen molar-refractivity contribution in [2.24, 2.45) is 5.92 Å². The molecule has 0 saturated heterocycles. The van der Waals surface area contributed by atoms with E-state index >= 15 is 0 Å². The highest BCUT2D eigenvalue weighted by atomic mass is 79.9. The van der Waals surface area contributed by atoms with Crippen molar-refractivity contribution in [3.05, 3.63) is 16.4 Å². The molecule has 1 aromatic rings. The molecule has 0 amide bonds. The zero-order valence-corrected chi connectivity index (χ0v) is 14.6. The third-order valence-corrected chi connectivity index (χ3v) is 3.90. The average molecular weight is 348 g/mol. The number of aromatic nitrogens is 2. The molecule has 0 saturated carbocycles. The summed E-state index contributed by atoms with van der Waals surface area (Å²) < 4.78 is 14.1. The van der Waals surface area contributed by atoms with Gasteiger partial charge in [-0.1, -0.05) is 13.8 Å². The lowest BCUT2D eigenvalue weighted by atomic mass is 9.97. The van der Waals surface area contributed by atoms with Crippen molar-refractivity contribution in [1.82, 2.24) is 15.1 Å². The van der Waals surface area contributed by atoms with Crippen LogP contribution in [0.3, 0.4) is 0 Å². The zero-order valence-electron chi connectivity index (χ0n) is 13.0. The van der Waals surface area contributed by atoms with Crippen molar-refractivity contribution in [2.75, 3.05) is 27.4 Å². The minimum atomic E-state index is 0.0867. The molecule has 6 heteroatoms. The fraction of sp³-hybridized carbons (Fsp3) is 0.786. The summed E-state index contributed by atoms with van der Waals surface area (Å²) in [7, 11) is 3.66. The first-order valence-corrected chi connectivity index (χ1v) is 7.85. The van der Waals surface area contributed by atoms with Crippen LogP contribution < -0.4 is 5.32 Å². The van der Waals surface area contributed by atoms with Crippen molar-refractivity contribution in [3.63, 3.8) is 0 Å². The summed E-state index contributed by atoms with van der Waals surface area (Å²) in [4.78, 5) is 0. The number of ether oxygens (including phenoxy) is 2. The first kappa shape index (κ1) is 17.6. The first-order chi connectivity index (χ1) is 9.56. The molecule has 1 N–H and O–H groups in total. The molecule has 5 nitrogen and oxygen atoms in total. The van der Waals surface area contributed by atoms with Gasteiger partial charge in [0.05, 0.1) is 41.7 Å². The molecule has 1 aromatic heterocycles. The lowest BCUT2D eigenvalue weighted by molar-refractivity contribution is 0.00211. The fourth-order valence-electron chi connectivity index (χ4n) is 2.36. The van der Waals surface area contributed by atoms with E-state index in [-0.39, 0.29) is 12.1 Å². The molecule has 0 fully saturated rings. The lowest BCUT2D eigenvalue weighted by Crippen LogP contribution is -2.37. The summed E-state index contributed by atoms with van der Waals surface area (Å²) in [5.41, 5.74) is 1.11. The Hall–Kier alpha value is -0.430. The van der Waals surface area contributed by atoms with Crippen LogP contribution in [0, 0.1) is 5.92 Å². The van der Waals surface area contributed by atoms with Gasteiger partial charge in [-0.05, 0) is 35.8 Å². The maximum absolute atomic E-state index is 5.94. The average Bonchev–Trinajstić information content (AvgIpc) is 2.78. The lowest BCUT2D eigenvalue weighted by Gasteiger charge is -2.30. The van der Waals surface area contributed by atoms with Gasteiger partial charge in [0.15, 0.2) is 0 Å². The van der Waals surface area contributed by atoms with Gasteiger partial charge in [-0.2, -0.15) is 5.10 Å². The number of rotatable bonds is 9. The molecular weight excluding hydrogens is 322 g/mol. The number of halogens is 1. The standard InChI is InChI=1S/C14H26BrN3O2/c1-6-20-14(10(2)3)12(16-4)13-11(15)9-17-18(13)7-8-19-5/h9-10,12,14,16H,6-8H2,1-5H3. The summed E-state index contributed by atoms with van der Waals surface area (Å²) in [6.07, 6.45) is 1.93. The van der Waals surface area contributed by atoms with Crippen LogP contribution in [0.25, 0.3) is 0 Å². The highest BCUT2D eigenvalue weighted by molar-refractivity contribution is 9.10. The van der Waals surface area contributed by atoms with Gasteiger partial charge < -0.3 is 14.8 Å². The maximum Gasteiger partial charge on any atom is 0.0807 e. The molecule has 2 atom stereocenters. The summed E-state index contributed by atoms with van der Waals surface area (Å²) in [5, 5.41) is 7.79. The van der Waals surface area contributed by atoms with E-state index in [9.17, 15) is 0 Å². The van der Waals surface area contributed by atoms with Gasteiger partial charge in [0.1, 0.15) is 0 Å². The Labute approximate surface area is 130 Å². The number of methoxy groups -OCH3 is 1.